The van der Waals surface area contributed by atoms with Gasteiger partial charge in [-0.15, -0.1) is 11.3 Å². The van der Waals surface area contributed by atoms with E-state index in [0.717, 1.165) is 30.1 Å². The first-order chi connectivity index (χ1) is 7.48. The second-order valence-electron chi connectivity index (χ2n) is 5.07. The van der Waals surface area contributed by atoms with E-state index in [1.54, 1.807) is 11.3 Å². The van der Waals surface area contributed by atoms with Gasteiger partial charge < -0.3 is 10.0 Å². The molecule has 2 heterocycles. The maximum atomic E-state index is 10.6. The molecule has 16 heavy (non-hydrogen) atoms. The summed E-state index contributed by atoms with van der Waals surface area (Å²) in [6, 6.07) is 0.458. The normalized spacial score (nSPS) is 31.9. The van der Waals surface area contributed by atoms with Crippen LogP contribution in [-0.4, -0.2) is 40.2 Å². The number of piperidine rings is 1. The van der Waals surface area contributed by atoms with E-state index in [1.165, 1.54) is 0 Å². The zero-order valence-corrected chi connectivity index (χ0v) is 11.0. The lowest BCUT2D eigenvalue weighted by Gasteiger charge is -2.40. The van der Waals surface area contributed by atoms with Gasteiger partial charge in [0.1, 0.15) is 0 Å². The number of aliphatic hydroxyl groups is 1. The third kappa shape index (κ3) is 2.62. The van der Waals surface area contributed by atoms with Gasteiger partial charge in [-0.2, -0.15) is 0 Å². The standard InChI is InChI=1S/C12H20N2OS/c1-9-8-16-11(13-9)7-12(15)4-5-14(3)10(2)6-12/h8,10,15H,4-7H2,1-3H3. The van der Waals surface area contributed by atoms with Crippen LogP contribution >= 0.6 is 11.3 Å². The van der Waals surface area contributed by atoms with Crippen molar-refractivity contribution in [1.82, 2.24) is 9.88 Å². The van der Waals surface area contributed by atoms with Crippen LogP contribution in [-0.2, 0) is 6.42 Å². The minimum Gasteiger partial charge on any atom is -0.389 e. The Morgan fingerprint density at radius 1 is 1.69 bits per heavy atom. The first kappa shape index (κ1) is 12.0. The molecule has 4 heteroatoms. The average Bonchev–Trinajstić information content (AvgIpc) is 2.58. The summed E-state index contributed by atoms with van der Waals surface area (Å²) in [4.78, 5) is 6.75. The smallest absolute Gasteiger partial charge is 0.0956 e. The number of hydrogen-bond donors (Lipinski definition) is 1. The summed E-state index contributed by atoms with van der Waals surface area (Å²) in [5.41, 5.74) is 0.514. The van der Waals surface area contributed by atoms with Crippen molar-refractivity contribution in [3.05, 3.63) is 16.1 Å². The van der Waals surface area contributed by atoms with Crippen molar-refractivity contribution < 1.29 is 5.11 Å². The van der Waals surface area contributed by atoms with Crippen molar-refractivity contribution in [2.45, 2.75) is 44.8 Å². The summed E-state index contributed by atoms with van der Waals surface area (Å²) in [5.74, 6) is 0. The number of nitrogens with zero attached hydrogens (tertiary/aromatic N) is 2. The van der Waals surface area contributed by atoms with E-state index >= 15 is 0 Å². The molecule has 90 valence electrons. The SMILES string of the molecule is Cc1csc(CC2(O)CCN(C)C(C)C2)n1. The van der Waals surface area contributed by atoms with Crippen LogP contribution in [0.3, 0.4) is 0 Å². The van der Waals surface area contributed by atoms with E-state index < -0.39 is 5.60 Å². The Morgan fingerprint density at radius 3 is 3.00 bits per heavy atom. The lowest BCUT2D eigenvalue weighted by atomic mass is 9.85. The van der Waals surface area contributed by atoms with Gasteiger partial charge in [-0.05, 0) is 33.7 Å². The fraction of sp³-hybridized carbons (Fsp3) is 0.750. The molecule has 1 N–H and O–H groups in total. The van der Waals surface area contributed by atoms with E-state index in [1.807, 2.05) is 6.92 Å². The monoisotopic (exact) mass is 240 g/mol. The first-order valence-corrected chi connectivity index (χ1v) is 6.70. The maximum Gasteiger partial charge on any atom is 0.0956 e. The molecular weight excluding hydrogens is 220 g/mol. The molecule has 0 aliphatic carbocycles. The lowest BCUT2D eigenvalue weighted by Crippen LogP contribution is -2.48. The number of thiazole rings is 1. The number of likely N-dealkylation sites (tertiary alicyclic amines) is 1. The Balaban J connectivity index is 2.03. The van der Waals surface area contributed by atoms with E-state index in [4.69, 9.17) is 0 Å². The van der Waals surface area contributed by atoms with Crippen molar-refractivity contribution in [2.75, 3.05) is 13.6 Å². The Bertz CT molecular complexity index is 366. The van der Waals surface area contributed by atoms with Gasteiger partial charge in [0.2, 0.25) is 0 Å². The summed E-state index contributed by atoms with van der Waals surface area (Å²) in [5, 5.41) is 13.7. The van der Waals surface area contributed by atoms with Crippen molar-refractivity contribution in [3.63, 3.8) is 0 Å². The summed E-state index contributed by atoms with van der Waals surface area (Å²) in [6.07, 6.45) is 2.41. The van der Waals surface area contributed by atoms with Crippen molar-refractivity contribution >= 4 is 11.3 Å². The molecule has 0 spiro atoms. The molecule has 1 fully saturated rings. The second kappa shape index (κ2) is 4.43. The molecule has 1 aromatic rings. The van der Waals surface area contributed by atoms with Gasteiger partial charge in [-0.3, -0.25) is 0 Å². The van der Waals surface area contributed by atoms with E-state index in [2.05, 4.69) is 29.2 Å². The van der Waals surface area contributed by atoms with E-state index in [0.29, 0.717) is 12.5 Å². The molecule has 1 aliphatic rings. The van der Waals surface area contributed by atoms with Crippen LogP contribution in [0.5, 0.6) is 0 Å². The molecule has 1 aliphatic heterocycles. The van der Waals surface area contributed by atoms with Gasteiger partial charge in [0.15, 0.2) is 0 Å². The van der Waals surface area contributed by atoms with Crippen molar-refractivity contribution in [2.24, 2.45) is 0 Å². The van der Waals surface area contributed by atoms with Crippen molar-refractivity contribution in [3.8, 4) is 0 Å². The molecule has 0 aromatic carbocycles. The fourth-order valence-corrected chi connectivity index (χ4v) is 3.25. The zero-order chi connectivity index (χ0) is 11.8. The van der Waals surface area contributed by atoms with Crippen LogP contribution < -0.4 is 0 Å². The highest BCUT2D eigenvalue weighted by Gasteiger charge is 2.35. The Hall–Kier alpha value is -0.450. The van der Waals surface area contributed by atoms with E-state index in [9.17, 15) is 5.11 Å². The summed E-state index contributed by atoms with van der Waals surface area (Å²) >= 11 is 1.66. The highest BCUT2D eigenvalue weighted by Crippen LogP contribution is 2.30. The lowest BCUT2D eigenvalue weighted by molar-refractivity contribution is -0.0353. The number of aromatic nitrogens is 1. The molecule has 2 unspecified atom stereocenters. The molecule has 2 atom stereocenters. The minimum atomic E-state index is -0.545. The Morgan fingerprint density at radius 2 is 2.44 bits per heavy atom. The molecule has 2 rings (SSSR count). The van der Waals surface area contributed by atoms with Crippen LogP contribution in [0.2, 0.25) is 0 Å². The predicted molar refractivity (Wildman–Crippen MR) is 66.8 cm³/mol. The summed E-state index contributed by atoms with van der Waals surface area (Å²) in [7, 11) is 2.12. The van der Waals surface area contributed by atoms with Crippen LogP contribution in [0.1, 0.15) is 30.5 Å². The Kier molecular flexibility index (Phi) is 3.33. The predicted octanol–water partition coefficient (Wildman–Crippen LogP) is 1.84. The molecular formula is C12H20N2OS. The highest BCUT2D eigenvalue weighted by molar-refractivity contribution is 7.09. The van der Waals surface area contributed by atoms with Gasteiger partial charge in [0.25, 0.3) is 0 Å². The molecule has 0 bridgehead atoms. The fourth-order valence-electron chi connectivity index (χ4n) is 2.34. The third-order valence-corrected chi connectivity index (χ3v) is 4.47. The van der Waals surface area contributed by atoms with Gasteiger partial charge >= 0.3 is 0 Å². The molecule has 1 aromatic heterocycles. The molecule has 1 saturated heterocycles. The maximum absolute atomic E-state index is 10.6. The average molecular weight is 240 g/mol. The summed E-state index contributed by atoms with van der Waals surface area (Å²) in [6.45, 7) is 5.15. The first-order valence-electron chi connectivity index (χ1n) is 5.82. The van der Waals surface area contributed by atoms with Crippen molar-refractivity contribution in [1.29, 1.82) is 0 Å². The second-order valence-corrected chi connectivity index (χ2v) is 6.01. The quantitative estimate of drug-likeness (QED) is 0.857. The minimum absolute atomic E-state index is 0.458. The third-order valence-electron chi connectivity index (χ3n) is 3.50. The number of hydrogen-bond acceptors (Lipinski definition) is 4. The molecule has 0 amide bonds. The Labute approximate surface area is 101 Å². The summed E-state index contributed by atoms with van der Waals surface area (Å²) < 4.78 is 0. The van der Waals surface area contributed by atoms with Gasteiger partial charge in [0.05, 0.1) is 10.6 Å². The molecule has 0 saturated carbocycles. The molecule has 3 nitrogen and oxygen atoms in total. The highest BCUT2D eigenvalue weighted by atomic mass is 32.1. The van der Waals surface area contributed by atoms with Crippen LogP contribution in [0.4, 0.5) is 0 Å². The number of rotatable bonds is 2. The van der Waals surface area contributed by atoms with Gasteiger partial charge in [-0.25, -0.2) is 4.98 Å². The zero-order valence-electron chi connectivity index (χ0n) is 10.2. The topological polar surface area (TPSA) is 36.4 Å². The van der Waals surface area contributed by atoms with Gasteiger partial charge in [0, 0.05) is 30.1 Å². The van der Waals surface area contributed by atoms with Crippen LogP contribution in [0, 0.1) is 6.92 Å². The van der Waals surface area contributed by atoms with E-state index in [-0.39, 0.29) is 0 Å². The van der Waals surface area contributed by atoms with Gasteiger partial charge in [-0.1, -0.05) is 0 Å². The molecule has 0 radical (unpaired) electrons. The van der Waals surface area contributed by atoms with Crippen LogP contribution in [0.25, 0.3) is 0 Å². The van der Waals surface area contributed by atoms with Crippen LogP contribution in [0.15, 0.2) is 5.38 Å². The number of aryl methyl sites for hydroxylation is 1. The largest absolute Gasteiger partial charge is 0.389 e.